The summed E-state index contributed by atoms with van der Waals surface area (Å²) in [4.78, 5) is 8.45. The van der Waals surface area contributed by atoms with Crippen molar-refractivity contribution in [3.63, 3.8) is 0 Å². The molecule has 0 aliphatic carbocycles. The number of rotatable bonds is 6. The Morgan fingerprint density at radius 2 is 1.84 bits per heavy atom. The number of hydrogen-bond donors (Lipinski definition) is 2. The molecular formula is C15H20N4. The molecule has 4 nitrogen and oxygen atoms in total. The van der Waals surface area contributed by atoms with Crippen molar-refractivity contribution in [1.82, 2.24) is 9.97 Å². The highest BCUT2D eigenvalue weighted by atomic mass is 15.1. The minimum atomic E-state index is 0.414. The van der Waals surface area contributed by atoms with Crippen LogP contribution in [-0.4, -0.2) is 16.0 Å². The van der Waals surface area contributed by atoms with Crippen molar-refractivity contribution in [3.8, 4) is 0 Å². The first-order chi connectivity index (χ1) is 9.28. The molecule has 2 rings (SSSR count). The molecule has 2 N–H and O–H groups in total. The summed E-state index contributed by atoms with van der Waals surface area (Å²) in [6.07, 6.45) is 2.65. The Labute approximate surface area is 114 Å². The Morgan fingerprint density at radius 3 is 2.58 bits per heavy atom. The fourth-order valence-electron chi connectivity index (χ4n) is 1.68. The molecule has 1 unspecified atom stereocenters. The molecular weight excluding hydrogens is 236 g/mol. The number of hydrogen-bond acceptors (Lipinski definition) is 4. The molecule has 1 heterocycles. The maximum absolute atomic E-state index is 4.23. The summed E-state index contributed by atoms with van der Waals surface area (Å²) < 4.78 is 0. The second-order valence-electron chi connectivity index (χ2n) is 4.58. The molecule has 100 valence electrons. The van der Waals surface area contributed by atoms with Crippen molar-refractivity contribution in [1.29, 1.82) is 0 Å². The molecule has 0 radical (unpaired) electrons. The zero-order valence-electron chi connectivity index (χ0n) is 11.4. The SMILES string of the molecule is CCC(C)Nc1cc(NCc2ccccc2)ncn1. The topological polar surface area (TPSA) is 49.8 Å². The van der Waals surface area contributed by atoms with E-state index >= 15 is 0 Å². The molecule has 0 aliphatic rings. The molecule has 2 aromatic rings. The lowest BCUT2D eigenvalue weighted by Gasteiger charge is -2.12. The van der Waals surface area contributed by atoms with Gasteiger partial charge in [-0.1, -0.05) is 37.3 Å². The van der Waals surface area contributed by atoms with Gasteiger partial charge in [0.15, 0.2) is 0 Å². The van der Waals surface area contributed by atoms with Gasteiger partial charge in [-0.05, 0) is 18.9 Å². The second-order valence-corrected chi connectivity index (χ2v) is 4.58. The van der Waals surface area contributed by atoms with Gasteiger partial charge in [-0.2, -0.15) is 0 Å². The van der Waals surface area contributed by atoms with E-state index in [-0.39, 0.29) is 0 Å². The van der Waals surface area contributed by atoms with E-state index in [1.165, 1.54) is 5.56 Å². The summed E-state index contributed by atoms with van der Waals surface area (Å²) in [5.41, 5.74) is 1.23. The molecule has 0 bridgehead atoms. The highest BCUT2D eigenvalue weighted by Gasteiger charge is 2.02. The molecule has 0 aliphatic heterocycles. The van der Waals surface area contributed by atoms with E-state index in [0.29, 0.717) is 6.04 Å². The molecule has 19 heavy (non-hydrogen) atoms. The normalized spacial score (nSPS) is 11.9. The van der Waals surface area contributed by atoms with Crippen LogP contribution in [0, 0.1) is 0 Å². The van der Waals surface area contributed by atoms with Gasteiger partial charge < -0.3 is 10.6 Å². The molecule has 0 amide bonds. The van der Waals surface area contributed by atoms with Crippen LogP contribution < -0.4 is 10.6 Å². The van der Waals surface area contributed by atoms with Gasteiger partial charge in [0.25, 0.3) is 0 Å². The third-order valence-electron chi connectivity index (χ3n) is 2.99. The van der Waals surface area contributed by atoms with E-state index in [1.54, 1.807) is 6.33 Å². The van der Waals surface area contributed by atoms with Gasteiger partial charge in [-0.3, -0.25) is 0 Å². The zero-order valence-corrected chi connectivity index (χ0v) is 11.4. The van der Waals surface area contributed by atoms with Crippen LogP contribution in [0.5, 0.6) is 0 Å². The molecule has 4 heteroatoms. The highest BCUT2D eigenvalue weighted by molar-refractivity contribution is 5.47. The summed E-state index contributed by atoms with van der Waals surface area (Å²) in [5.74, 6) is 1.70. The number of anilines is 2. The number of nitrogens with zero attached hydrogens (tertiary/aromatic N) is 2. The van der Waals surface area contributed by atoms with Crippen molar-refractivity contribution < 1.29 is 0 Å². The van der Waals surface area contributed by atoms with Crippen molar-refractivity contribution in [3.05, 3.63) is 48.3 Å². The number of nitrogens with one attached hydrogen (secondary N) is 2. The largest absolute Gasteiger partial charge is 0.367 e. The van der Waals surface area contributed by atoms with Crippen LogP contribution >= 0.6 is 0 Å². The third-order valence-corrected chi connectivity index (χ3v) is 2.99. The quantitative estimate of drug-likeness (QED) is 0.832. The fraction of sp³-hybridized carbons (Fsp3) is 0.333. The maximum atomic E-state index is 4.23. The van der Waals surface area contributed by atoms with Crippen LogP contribution in [0.15, 0.2) is 42.7 Å². The second kappa shape index (κ2) is 6.73. The first-order valence-electron chi connectivity index (χ1n) is 6.64. The number of benzene rings is 1. The number of aromatic nitrogens is 2. The van der Waals surface area contributed by atoms with Crippen molar-refractivity contribution in [2.75, 3.05) is 10.6 Å². The lowest BCUT2D eigenvalue weighted by Crippen LogP contribution is -2.14. The summed E-state index contributed by atoms with van der Waals surface area (Å²) in [7, 11) is 0. The summed E-state index contributed by atoms with van der Waals surface area (Å²) in [6, 6.07) is 12.6. The molecule has 0 fully saturated rings. The highest BCUT2D eigenvalue weighted by Crippen LogP contribution is 2.11. The smallest absolute Gasteiger partial charge is 0.131 e. The predicted octanol–water partition coefficient (Wildman–Crippen LogP) is 3.30. The van der Waals surface area contributed by atoms with Gasteiger partial charge in [0.1, 0.15) is 18.0 Å². The van der Waals surface area contributed by atoms with Gasteiger partial charge in [0.05, 0.1) is 0 Å². The maximum Gasteiger partial charge on any atom is 0.131 e. The van der Waals surface area contributed by atoms with E-state index in [1.807, 2.05) is 24.3 Å². The Balaban J connectivity index is 1.95. The first kappa shape index (κ1) is 13.3. The van der Waals surface area contributed by atoms with Crippen LogP contribution in [-0.2, 0) is 6.54 Å². The minimum Gasteiger partial charge on any atom is -0.367 e. The minimum absolute atomic E-state index is 0.414. The van der Waals surface area contributed by atoms with Crippen molar-refractivity contribution in [2.45, 2.75) is 32.9 Å². The molecule has 1 atom stereocenters. The monoisotopic (exact) mass is 256 g/mol. The predicted molar refractivity (Wildman–Crippen MR) is 79.2 cm³/mol. The Morgan fingerprint density at radius 1 is 1.11 bits per heavy atom. The van der Waals surface area contributed by atoms with Crippen LogP contribution in [0.4, 0.5) is 11.6 Å². The molecule has 1 aromatic carbocycles. The van der Waals surface area contributed by atoms with E-state index in [4.69, 9.17) is 0 Å². The Hall–Kier alpha value is -2.10. The van der Waals surface area contributed by atoms with Crippen LogP contribution in [0.3, 0.4) is 0 Å². The molecule has 0 saturated carbocycles. The van der Waals surface area contributed by atoms with Gasteiger partial charge >= 0.3 is 0 Å². The third kappa shape index (κ3) is 4.25. The lowest BCUT2D eigenvalue weighted by atomic mass is 10.2. The molecule has 0 saturated heterocycles. The van der Waals surface area contributed by atoms with E-state index in [9.17, 15) is 0 Å². The average Bonchev–Trinajstić information content (AvgIpc) is 2.46. The standard InChI is InChI=1S/C15H20N4/c1-3-12(2)19-15-9-14(17-11-18-15)16-10-13-7-5-4-6-8-13/h4-9,11-12H,3,10H2,1-2H3,(H2,16,17,18,19). The summed E-state index contributed by atoms with van der Waals surface area (Å²) in [5, 5.41) is 6.64. The zero-order chi connectivity index (χ0) is 13.5. The Bertz CT molecular complexity index is 499. The van der Waals surface area contributed by atoms with Crippen LogP contribution in [0.25, 0.3) is 0 Å². The van der Waals surface area contributed by atoms with Crippen LogP contribution in [0.2, 0.25) is 0 Å². The molecule has 1 aromatic heterocycles. The fourth-order valence-corrected chi connectivity index (χ4v) is 1.68. The van der Waals surface area contributed by atoms with E-state index in [0.717, 1.165) is 24.6 Å². The van der Waals surface area contributed by atoms with E-state index < -0.39 is 0 Å². The van der Waals surface area contributed by atoms with Crippen LogP contribution in [0.1, 0.15) is 25.8 Å². The average molecular weight is 256 g/mol. The van der Waals surface area contributed by atoms with Crippen molar-refractivity contribution >= 4 is 11.6 Å². The van der Waals surface area contributed by atoms with Gasteiger partial charge in [-0.15, -0.1) is 0 Å². The van der Waals surface area contributed by atoms with Gasteiger partial charge in [-0.25, -0.2) is 9.97 Å². The van der Waals surface area contributed by atoms with Gasteiger partial charge in [0, 0.05) is 18.7 Å². The van der Waals surface area contributed by atoms with Gasteiger partial charge in [0.2, 0.25) is 0 Å². The lowest BCUT2D eigenvalue weighted by molar-refractivity contribution is 0.758. The first-order valence-corrected chi connectivity index (χ1v) is 6.64. The summed E-state index contributed by atoms with van der Waals surface area (Å²) in [6.45, 7) is 5.05. The van der Waals surface area contributed by atoms with E-state index in [2.05, 4.69) is 46.6 Å². The molecule has 0 spiro atoms. The van der Waals surface area contributed by atoms with Crippen molar-refractivity contribution in [2.24, 2.45) is 0 Å². The summed E-state index contributed by atoms with van der Waals surface area (Å²) >= 11 is 0. The Kier molecular flexibility index (Phi) is 4.72.